The molecule has 0 aliphatic carbocycles. The Labute approximate surface area is 161 Å². The average molecular weight is 397 g/mol. The van der Waals surface area contributed by atoms with E-state index in [1.165, 1.54) is 0 Å². The minimum Gasteiger partial charge on any atom is -0.334 e. The maximum Gasteiger partial charge on any atom is 0.279 e. The third kappa shape index (κ3) is 6.62. The van der Waals surface area contributed by atoms with Gasteiger partial charge in [-0.05, 0) is 31.9 Å². The number of amides is 2. The van der Waals surface area contributed by atoms with E-state index in [1.807, 2.05) is 38.1 Å². The van der Waals surface area contributed by atoms with Crippen molar-refractivity contribution in [1.82, 2.24) is 4.90 Å². The van der Waals surface area contributed by atoms with Crippen LogP contribution in [0.25, 0.3) is 0 Å². The van der Waals surface area contributed by atoms with E-state index >= 15 is 0 Å². The summed E-state index contributed by atoms with van der Waals surface area (Å²) in [6.45, 7) is 4.82. The Balaban J connectivity index is 1.88. The molecule has 0 radical (unpaired) electrons. The number of nitrogens with zero attached hydrogens (tertiary/aromatic N) is 1. The lowest BCUT2D eigenvalue weighted by molar-refractivity contribution is -0.862. The zero-order valence-corrected chi connectivity index (χ0v) is 17.1. The normalized spacial score (nSPS) is 19.4. The van der Waals surface area contributed by atoms with E-state index in [2.05, 4.69) is 5.32 Å². The van der Waals surface area contributed by atoms with Crippen molar-refractivity contribution in [2.24, 2.45) is 0 Å². The molecule has 7 nitrogen and oxygen atoms in total. The van der Waals surface area contributed by atoms with Crippen LogP contribution in [0.5, 0.6) is 0 Å². The third-order valence-corrected chi connectivity index (χ3v) is 6.44. The van der Waals surface area contributed by atoms with Crippen molar-refractivity contribution < 1.29 is 22.9 Å². The summed E-state index contributed by atoms with van der Waals surface area (Å²) in [6.07, 6.45) is 1.27. The summed E-state index contributed by atoms with van der Waals surface area (Å²) >= 11 is 0. The molecule has 2 rings (SSSR count). The van der Waals surface area contributed by atoms with Crippen LogP contribution < -0.4 is 10.2 Å². The van der Waals surface area contributed by atoms with Crippen LogP contribution in [-0.4, -0.2) is 69.4 Å². The summed E-state index contributed by atoms with van der Waals surface area (Å²) in [4.78, 5) is 27.3. The lowest BCUT2D eigenvalue weighted by atomic mass is 10.2. The van der Waals surface area contributed by atoms with E-state index in [4.69, 9.17) is 0 Å². The fourth-order valence-electron chi connectivity index (χ4n) is 3.31. The molecule has 2 atom stereocenters. The molecule has 150 valence electrons. The summed E-state index contributed by atoms with van der Waals surface area (Å²) in [5.74, 6) is -0.0624. The van der Waals surface area contributed by atoms with Gasteiger partial charge in [-0.1, -0.05) is 24.6 Å². The number of sulfone groups is 1. The molecule has 1 aromatic rings. The van der Waals surface area contributed by atoms with Gasteiger partial charge in [-0.3, -0.25) is 9.59 Å². The fraction of sp³-hybridized carbons (Fsp3) is 0.579. The van der Waals surface area contributed by atoms with Gasteiger partial charge >= 0.3 is 0 Å². The lowest BCUT2D eigenvalue weighted by Gasteiger charge is -2.28. The number of likely N-dealkylation sites (N-methyl/N-ethyl adjacent to an activating group) is 1. The van der Waals surface area contributed by atoms with Gasteiger partial charge < -0.3 is 15.1 Å². The van der Waals surface area contributed by atoms with Crippen molar-refractivity contribution in [3.8, 4) is 0 Å². The Morgan fingerprint density at radius 2 is 1.89 bits per heavy atom. The number of anilines is 1. The van der Waals surface area contributed by atoms with E-state index in [0.717, 1.165) is 22.6 Å². The van der Waals surface area contributed by atoms with Crippen LogP contribution in [0.2, 0.25) is 0 Å². The van der Waals surface area contributed by atoms with Crippen molar-refractivity contribution >= 4 is 27.3 Å². The molecule has 8 heteroatoms. The standard InChI is InChI=1S/C19H29N3O4S/c1-4-10-22(17-9-11-27(25,26)14-17)19(24)13-21(3)12-18(23)20-16-7-5-15(2)6-8-16/h5-8,17H,4,9-14H2,1-3H3,(H,20,23)/p+1/t17-/m1/s1. The second kappa shape index (κ2) is 9.32. The van der Waals surface area contributed by atoms with Gasteiger partial charge in [0.05, 0.1) is 18.6 Å². The molecule has 0 spiro atoms. The van der Waals surface area contributed by atoms with E-state index < -0.39 is 9.84 Å². The highest BCUT2D eigenvalue weighted by molar-refractivity contribution is 7.91. The first-order valence-electron chi connectivity index (χ1n) is 9.38. The molecule has 1 aliphatic heterocycles. The maximum atomic E-state index is 12.7. The first-order chi connectivity index (χ1) is 12.7. The Kier molecular flexibility index (Phi) is 7.38. The zero-order valence-electron chi connectivity index (χ0n) is 16.3. The summed E-state index contributed by atoms with van der Waals surface area (Å²) in [6, 6.07) is 7.30. The highest BCUT2D eigenvalue weighted by Crippen LogP contribution is 2.18. The molecule has 0 saturated carbocycles. The number of quaternary nitrogens is 1. The molecule has 2 amide bonds. The van der Waals surface area contributed by atoms with Gasteiger partial charge in [-0.2, -0.15) is 0 Å². The van der Waals surface area contributed by atoms with Gasteiger partial charge in [0.2, 0.25) is 0 Å². The molecule has 1 heterocycles. The molecular formula is C19H30N3O4S+. The Hall–Kier alpha value is -1.93. The fourth-order valence-corrected chi connectivity index (χ4v) is 5.04. The number of benzene rings is 1. The van der Waals surface area contributed by atoms with Crippen LogP contribution >= 0.6 is 0 Å². The van der Waals surface area contributed by atoms with E-state index in [1.54, 1.807) is 11.9 Å². The highest BCUT2D eigenvalue weighted by atomic mass is 32.2. The molecule has 1 aliphatic rings. The van der Waals surface area contributed by atoms with Crippen molar-refractivity contribution in [3.63, 3.8) is 0 Å². The molecule has 1 fully saturated rings. The number of aryl methyl sites for hydroxylation is 1. The third-order valence-electron chi connectivity index (χ3n) is 4.68. The van der Waals surface area contributed by atoms with Crippen molar-refractivity contribution in [2.75, 3.05) is 43.5 Å². The van der Waals surface area contributed by atoms with Crippen LogP contribution in [0.3, 0.4) is 0 Å². The highest BCUT2D eigenvalue weighted by Gasteiger charge is 2.35. The minimum atomic E-state index is -3.04. The number of carbonyl (C=O) groups excluding carboxylic acids is 2. The van der Waals surface area contributed by atoms with E-state index in [-0.39, 0.29) is 42.5 Å². The maximum absolute atomic E-state index is 12.7. The first-order valence-corrected chi connectivity index (χ1v) is 11.2. The van der Waals surface area contributed by atoms with Gasteiger partial charge in [-0.15, -0.1) is 0 Å². The van der Waals surface area contributed by atoms with Crippen molar-refractivity contribution in [3.05, 3.63) is 29.8 Å². The molecular weight excluding hydrogens is 366 g/mol. The average Bonchev–Trinajstić information content (AvgIpc) is 2.94. The lowest BCUT2D eigenvalue weighted by Crippen LogP contribution is -3.11. The SMILES string of the molecule is CCCN(C(=O)C[NH+](C)CC(=O)Nc1ccc(C)cc1)[C@@H]1CCS(=O)(=O)C1. The van der Waals surface area contributed by atoms with E-state index in [9.17, 15) is 18.0 Å². The van der Waals surface area contributed by atoms with Crippen molar-refractivity contribution in [2.45, 2.75) is 32.7 Å². The molecule has 1 unspecified atom stereocenters. The summed E-state index contributed by atoms with van der Waals surface area (Å²) in [5.41, 5.74) is 1.85. The smallest absolute Gasteiger partial charge is 0.279 e. The van der Waals surface area contributed by atoms with Gasteiger partial charge in [0.1, 0.15) is 0 Å². The number of hydrogen-bond donors (Lipinski definition) is 2. The quantitative estimate of drug-likeness (QED) is 0.641. The number of carbonyl (C=O) groups is 2. The van der Waals surface area contributed by atoms with Crippen LogP contribution in [-0.2, 0) is 19.4 Å². The summed E-state index contributed by atoms with van der Waals surface area (Å²) in [7, 11) is -1.25. The molecule has 27 heavy (non-hydrogen) atoms. The molecule has 2 N–H and O–H groups in total. The van der Waals surface area contributed by atoms with Crippen molar-refractivity contribution in [1.29, 1.82) is 0 Å². The number of hydrogen-bond acceptors (Lipinski definition) is 4. The zero-order chi connectivity index (χ0) is 20.0. The van der Waals surface area contributed by atoms with Crippen LogP contribution in [0.4, 0.5) is 5.69 Å². The van der Waals surface area contributed by atoms with Gasteiger partial charge in [0.25, 0.3) is 11.8 Å². The predicted molar refractivity (Wildman–Crippen MR) is 105 cm³/mol. The molecule has 0 bridgehead atoms. The molecule has 1 saturated heterocycles. The van der Waals surface area contributed by atoms with Crippen LogP contribution in [0, 0.1) is 6.92 Å². The van der Waals surface area contributed by atoms with Crippen LogP contribution in [0.15, 0.2) is 24.3 Å². The van der Waals surface area contributed by atoms with Gasteiger partial charge in [0.15, 0.2) is 22.9 Å². The molecule has 0 aromatic heterocycles. The number of nitrogens with one attached hydrogen (secondary N) is 2. The summed E-state index contributed by atoms with van der Waals surface area (Å²) < 4.78 is 23.5. The second-order valence-electron chi connectivity index (χ2n) is 7.37. The second-order valence-corrected chi connectivity index (χ2v) is 9.60. The molecule has 1 aromatic carbocycles. The monoisotopic (exact) mass is 396 g/mol. The predicted octanol–water partition coefficient (Wildman–Crippen LogP) is -0.126. The van der Waals surface area contributed by atoms with Gasteiger partial charge in [-0.25, -0.2) is 8.42 Å². The Morgan fingerprint density at radius 1 is 1.22 bits per heavy atom. The van der Waals surface area contributed by atoms with E-state index in [0.29, 0.717) is 13.0 Å². The summed E-state index contributed by atoms with van der Waals surface area (Å²) in [5, 5.41) is 2.83. The van der Waals surface area contributed by atoms with Gasteiger partial charge in [0, 0.05) is 18.3 Å². The number of rotatable bonds is 8. The first kappa shape index (κ1) is 21.4. The largest absolute Gasteiger partial charge is 0.334 e. The Morgan fingerprint density at radius 3 is 2.44 bits per heavy atom. The van der Waals surface area contributed by atoms with Crippen LogP contribution in [0.1, 0.15) is 25.3 Å². The topological polar surface area (TPSA) is 88.0 Å². The Bertz CT molecular complexity index is 762. The minimum absolute atomic E-state index is 0.0473.